The standard InChI is InChI=1S/C18H20BrClN4O2/c1-2-24-11-14(10-21-24)22-17(25)12-5-7-23(8-6-12)18(26)15-9-13(20)3-4-16(15)19/h3-4,9-12H,2,5-8H2,1H3,(H,22,25). The molecule has 26 heavy (non-hydrogen) atoms. The number of anilines is 1. The molecule has 1 fully saturated rings. The van der Waals surface area contributed by atoms with Crippen LogP contribution in [0.15, 0.2) is 35.1 Å². The lowest BCUT2D eigenvalue weighted by Gasteiger charge is -2.31. The first-order valence-corrected chi connectivity index (χ1v) is 9.72. The van der Waals surface area contributed by atoms with E-state index in [0.717, 1.165) is 11.0 Å². The van der Waals surface area contributed by atoms with Crippen LogP contribution in [0, 0.1) is 5.92 Å². The summed E-state index contributed by atoms with van der Waals surface area (Å²) in [6, 6.07) is 5.17. The number of rotatable bonds is 4. The Morgan fingerprint density at radius 2 is 2.08 bits per heavy atom. The lowest BCUT2D eigenvalue weighted by Crippen LogP contribution is -2.41. The van der Waals surface area contributed by atoms with Crippen LogP contribution in [-0.2, 0) is 11.3 Å². The second-order valence-electron chi connectivity index (χ2n) is 6.26. The summed E-state index contributed by atoms with van der Waals surface area (Å²) in [6.07, 6.45) is 4.74. The minimum absolute atomic E-state index is 0.0170. The fourth-order valence-corrected chi connectivity index (χ4v) is 3.61. The van der Waals surface area contributed by atoms with E-state index in [9.17, 15) is 9.59 Å². The maximum atomic E-state index is 12.7. The first-order chi connectivity index (χ1) is 12.5. The van der Waals surface area contributed by atoms with Gasteiger partial charge >= 0.3 is 0 Å². The highest BCUT2D eigenvalue weighted by atomic mass is 79.9. The van der Waals surface area contributed by atoms with Crippen molar-refractivity contribution in [1.82, 2.24) is 14.7 Å². The van der Waals surface area contributed by atoms with E-state index in [1.807, 2.05) is 13.1 Å². The number of nitrogens with one attached hydrogen (secondary N) is 1. The van der Waals surface area contributed by atoms with E-state index in [2.05, 4.69) is 26.3 Å². The summed E-state index contributed by atoms with van der Waals surface area (Å²) < 4.78 is 2.49. The Kier molecular flexibility index (Phi) is 5.98. The summed E-state index contributed by atoms with van der Waals surface area (Å²) in [5.74, 6) is -0.189. The van der Waals surface area contributed by atoms with Crippen molar-refractivity contribution in [2.24, 2.45) is 5.92 Å². The number of piperidine rings is 1. The van der Waals surface area contributed by atoms with Gasteiger partial charge in [0.1, 0.15) is 0 Å². The third kappa shape index (κ3) is 4.27. The molecule has 1 aliphatic heterocycles. The number of likely N-dealkylation sites (tertiary alicyclic amines) is 1. The normalized spacial score (nSPS) is 15.1. The van der Waals surface area contributed by atoms with E-state index in [4.69, 9.17) is 11.6 Å². The number of halogens is 2. The van der Waals surface area contributed by atoms with Crippen LogP contribution in [0.2, 0.25) is 5.02 Å². The monoisotopic (exact) mass is 438 g/mol. The molecule has 2 heterocycles. The number of benzene rings is 1. The van der Waals surface area contributed by atoms with Crippen molar-refractivity contribution in [3.8, 4) is 0 Å². The van der Waals surface area contributed by atoms with Gasteiger partial charge in [0.25, 0.3) is 5.91 Å². The molecule has 1 N–H and O–H groups in total. The average Bonchev–Trinajstić information content (AvgIpc) is 3.11. The predicted molar refractivity (Wildman–Crippen MR) is 104 cm³/mol. The van der Waals surface area contributed by atoms with Crippen LogP contribution in [0.25, 0.3) is 0 Å². The van der Waals surface area contributed by atoms with E-state index >= 15 is 0 Å². The van der Waals surface area contributed by atoms with Crippen molar-refractivity contribution in [1.29, 1.82) is 0 Å². The first kappa shape index (κ1) is 18.9. The van der Waals surface area contributed by atoms with Gasteiger partial charge in [0.2, 0.25) is 5.91 Å². The highest BCUT2D eigenvalue weighted by molar-refractivity contribution is 9.10. The van der Waals surface area contributed by atoms with Crippen LogP contribution in [-0.4, -0.2) is 39.6 Å². The molecule has 1 aliphatic rings. The molecule has 1 saturated heterocycles. The molecule has 0 aliphatic carbocycles. The van der Waals surface area contributed by atoms with E-state index in [1.165, 1.54) is 0 Å². The number of nitrogens with zero attached hydrogens (tertiary/aromatic N) is 3. The Morgan fingerprint density at radius 3 is 2.73 bits per heavy atom. The van der Waals surface area contributed by atoms with Gasteiger partial charge in [-0.05, 0) is 53.9 Å². The fourth-order valence-electron chi connectivity index (χ4n) is 3.02. The second-order valence-corrected chi connectivity index (χ2v) is 7.56. The van der Waals surface area contributed by atoms with Gasteiger partial charge in [-0.25, -0.2) is 0 Å². The second kappa shape index (κ2) is 8.22. The van der Waals surface area contributed by atoms with Crippen LogP contribution >= 0.6 is 27.5 Å². The predicted octanol–water partition coefficient (Wildman–Crippen LogP) is 3.81. The minimum atomic E-state index is -0.105. The van der Waals surface area contributed by atoms with Crippen molar-refractivity contribution in [2.45, 2.75) is 26.3 Å². The third-order valence-electron chi connectivity index (χ3n) is 4.54. The highest BCUT2D eigenvalue weighted by Gasteiger charge is 2.28. The maximum absolute atomic E-state index is 12.7. The third-order valence-corrected chi connectivity index (χ3v) is 5.46. The molecule has 0 spiro atoms. The number of aryl methyl sites for hydroxylation is 1. The molecule has 0 radical (unpaired) electrons. The van der Waals surface area contributed by atoms with Gasteiger partial charge in [0, 0.05) is 41.2 Å². The van der Waals surface area contributed by atoms with Crippen molar-refractivity contribution < 1.29 is 9.59 Å². The number of carbonyl (C=O) groups excluding carboxylic acids is 2. The molecule has 1 aromatic carbocycles. The molecule has 8 heteroatoms. The molecule has 3 rings (SSSR count). The quantitative estimate of drug-likeness (QED) is 0.788. The fraction of sp³-hybridized carbons (Fsp3) is 0.389. The molecule has 2 amide bonds. The zero-order valence-electron chi connectivity index (χ0n) is 14.4. The molecular formula is C18H20BrClN4O2. The van der Waals surface area contributed by atoms with E-state index in [1.54, 1.807) is 34.0 Å². The Morgan fingerprint density at radius 1 is 1.35 bits per heavy atom. The molecule has 1 aromatic heterocycles. The van der Waals surface area contributed by atoms with Crippen LogP contribution in [0.3, 0.4) is 0 Å². The van der Waals surface area contributed by atoms with Crippen LogP contribution in [0.1, 0.15) is 30.1 Å². The molecule has 0 unspecified atom stereocenters. The SMILES string of the molecule is CCn1cc(NC(=O)C2CCN(C(=O)c3cc(Cl)ccc3Br)CC2)cn1. The zero-order chi connectivity index (χ0) is 18.7. The molecule has 0 saturated carbocycles. The lowest BCUT2D eigenvalue weighted by atomic mass is 9.95. The molecule has 0 bridgehead atoms. The van der Waals surface area contributed by atoms with Crippen molar-refractivity contribution in [2.75, 3.05) is 18.4 Å². The number of aromatic nitrogens is 2. The van der Waals surface area contributed by atoms with Crippen LogP contribution < -0.4 is 5.32 Å². The van der Waals surface area contributed by atoms with Crippen molar-refractivity contribution in [3.05, 3.63) is 45.7 Å². The van der Waals surface area contributed by atoms with Gasteiger partial charge in [-0.2, -0.15) is 5.10 Å². The number of hydrogen-bond donors (Lipinski definition) is 1. The van der Waals surface area contributed by atoms with Crippen molar-refractivity contribution >= 4 is 45.0 Å². The Bertz CT molecular complexity index is 815. The number of carbonyl (C=O) groups is 2. The number of hydrogen-bond acceptors (Lipinski definition) is 3. The maximum Gasteiger partial charge on any atom is 0.255 e. The lowest BCUT2D eigenvalue weighted by molar-refractivity contribution is -0.121. The van der Waals surface area contributed by atoms with Gasteiger partial charge in [-0.15, -0.1) is 0 Å². The summed E-state index contributed by atoms with van der Waals surface area (Å²) in [4.78, 5) is 26.9. The van der Waals surface area contributed by atoms with Gasteiger partial charge < -0.3 is 10.2 Å². The van der Waals surface area contributed by atoms with Gasteiger partial charge in [-0.3, -0.25) is 14.3 Å². The Labute approximate surface area is 165 Å². The molecule has 6 nitrogen and oxygen atoms in total. The van der Waals surface area contributed by atoms with Gasteiger partial charge in [0.05, 0.1) is 17.4 Å². The molecular weight excluding hydrogens is 420 g/mol. The van der Waals surface area contributed by atoms with E-state index in [0.29, 0.717) is 42.2 Å². The Balaban J connectivity index is 1.57. The summed E-state index contributed by atoms with van der Waals surface area (Å²) in [5, 5.41) is 7.59. The summed E-state index contributed by atoms with van der Waals surface area (Å²) in [5.41, 5.74) is 1.26. The summed E-state index contributed by atoms with van der Waals surface area (Å²) in [7, 11) is 0. The van der Waals surface area contributed by atoms with Gasteiger partial charge in [-0.1, -0.05) is 11.6 Å². The molecule has 138 valence electrons. The van der Waals surface area contributed by atoms with Crippen molar-refractivity contribution in [3.63, 3.8) is 0 Å². The minimum Gasteiger partial charge on any atom is -0.339 e. The highest BCUT2D eigenvalue weighted by Crippen LogP contribution is 2.26. The number of amides is 2. The average molecular weight is 440 g/mol. The molecule has 2 aromatic rings. The van der Waals surface area contributed by atoms with Crippen LogP contribution in [0.4, 0.5) is 5.69 Å². The zero-order valence-corrected chi connectivity index (χ0v) is 16.8. The van der Waals surface area contributed by atoms with Gasteiger partial charge in [0.15, 0.2) is 0 Å². The van der Waals surface area contributed by atoms with Crippen LogP contribution in [0.5, 0.6) is 0 Å². The largest absolute Gasteiger partial charge is 0.339 e. The topological polar surface area (TPSA) is 67.2 Å². The summed E-state index contributed by atoms with van der Waals surface area (Å²) in [6.45, 7) is 3.84. The Hall–Kier alpha value is -1.86. The van der Waals surface area contributed by atoms with E-state index < -0.39 is 0 Å². The first-order valence-electron chi connectivity index (χ1n) is 8.55. The smallest absolute Gasteiger partial charge is 0.255 e. The van der Waals surface area contributed by atoms with E-state index in [-0.39, 0.29) is 17.7 Å². The summed E-state index contributed by atoms with van der Waals surface area (Å²) >= 11 is 9.40. The molecule has 0 atom stereocenters.